The fraction of sp³-hybridized carbons (Fsp3) is 0.667. The topological polar surface area (TPSA) is 101 Å². The van der Waals surface area contributed by atoms with Crippen LogP contribution in [0.25, 0.3) is 0 Å². The van der Waals surface area contributed by atoms with Crippen LogP contribution in [0.3, 0.4) is 0 Å². The van der Waals surface area contributed by atoms with Gasteiger partial charge in [-0.05, 0) is 32.1 Å². The molecular formula is C15H22N4O3. The van der Waals surface area contributed by atoms with Crippen molar-refractivity contribution < 1.29 is 14.1 Å². The van der Waals surface area contributed by atoms with Crippen LogP contribution < -0.4 is 11.1 Å². The second kappa shape index (κ2) is 6.08. The van der Waals surface area contributed by atoms with E-state index >= 15 is 0 Å². The summed E-state index contributed by atoms with van der Waals surface area (Å²) in [6, 6.07) is 1.62. The molecule has 2 fully saturated rings. The third-order valence-corrected chi connectivity index (χ3v) is 4.77. The second-order valence-corrected chi connectivity index (χ2v) is 6.31. The van der Waals surface area contributed by atoms with E-state index in [1.165, 1.54) is 6.42 Å². The zero-order chi connectivity index (χ0) is 15.7. The number of hydrogen-bond donors (Lipinski definition) is 2. The Balaban J connectivity index is 1.67. The average Bonchev–Trinajstić information content (AvgIpc) is 3.03. The monoisotopic (exact) mass is 306 g/mol. The number of carbonyl (C=O) groups is 2. The molecule has 0 unspecified atom stereocenters. The number of amides is 2. The Morgan fingerprint density at radius 1 is 1.45 bits per heavy atom. The van der Waals surface area contributed by atoms with Crippen LogP contribution in [0, 0.1) is 12.8 Å². The number of aromatic nitrogens is 1. The van der Waals surface area contributed by atoms with Crippen molar-refractivity contribution in [3.8, 4) is 0 Å². The van der Waals surface area contributed by atoms with Gasteiger partial charge in [-0.2, -0.15) is 0 Å². The first-order valence-electron chi connectivity index (χ1n) is 7.83. The number of likely N-dealkylation sites (tertiary alicyclic amines) is 1. The zero-order valence-electron chi connectivity index (χ0n) is 12.7. The van der Waals surface area contributed by atoms with E-state index < -0.39 is 0 Å². The van der Waals surface area contributed by atoms with Crippen molar-refractivity contribution in [1.29, 1.82) is 0 Å². The molecule has 0 spiro atoms. The van der Waals surface area contributed by atoms with Crippen molar-refractivity contribution in [2.24, 2.45) is 11.7 Å². The minimum atomic E-state index is -0.335. The van der Waals surface area contributed by atoms with E-state index in [4.69, 9.17) is 10.3 Å². The summed E-state index contributed by atoms with van der Waals surface area (Å²) in [6.07, 6.45) is 5.27. The lowest BCUT2D eigenvalue weighted by atomic mass is 9.85. The number of rotatable bonds is 4. The quantitative estimate of drug-likeness (QED) is 0.865. The molecule has 1 aliphatic heterocycles. The van der Waals surface area contributed by atoms with Crippen LogP contribution >= 0.6 is 0 Å². The fourth-order valence-electron chi connectivity index (χ4n) is 3.83. The number of primary amides is 1. The van der Waals surface area contributed by atoms with E-state index in [0.717, 1.165) is 25.7 Å². The summed E-state index contributed by atoms with van der Waals surface area (Å²) in [4.78, 5) is 25.9. The molecule has 1 saturated heterocycles. The average molecular weight is 306 g/mol. The minimum absolute atomic E-state index is 0.167. The molecule has 3 rings (SSSR count). The van der Waals surface area contributed by atoms with Gasteiger partial charge in [-0.1, -0.05) is 18.0 Å². The third-order valence-electron chi connectivity index (χ3n) is 4.77. The molecule has 0 bridgehead atoms. The van der Waals surface area contributed by atoms with Gasteiger partial charge in [0.15, 0.2) is 5.82 Å². The Bertz CT molecular complexity index is 571. The van der Waals surface area contributed by atoms with Gasteiger partial charge >= 0.3 is 0 Å². The first-order chi connectivity index (χ1) is 10.5. The molecule has 1 aromatic heterocycles. The minimum Gasteiger partial charge on any atom is -0.368 e. The Hall–Kier alpha value is -1.89. The molecule has 7 heteroatoms. The third kappa shape index (κ3) is 2.99. The van der Waals surface area contributed by atoms with Gasteiger partial charge in [0.25, 0.3) is 0 Å². The van der Waals surface area contributed by atoms with Crippen molar-refractivity contribution in [3.63, 3.8) is 0 Å². The Kier molecular flexibility index (Phi) is 4.15. The second-order valence-electron chi connectivity index (χ2n) is 6.31. The van der Waals surface area contributed by atoms with Crippen molar-refractivity contribution in [2.45, 2.75) is 51.1 Å². The van der Waals surface area contributed by atoms with Crippen LogP contribution in [0.4, 0.5) is 5.82 Å². The normalized spacial score (nSPS) is 28.3. The number of anilines is 1. The van der Waals surface area contributed by atoms with Gasteiger partial charge in [-0.3, -0.25) is 14.5 Å². The summed E-state index contributed by atoms with van der Waals surface area (Å²) in [5, 5.41) is 6.46. The molecule has 2 heterocycles. The fourth-order valence-corrected chi connectivity index (χ4v) is 3.83. The highest BCUT2D eigenvalue weighted by molar-refractivity contribution is 5.92. The van der Waals surface area contributed by atoms with E-state index in [0.29, 0.717) is 17.5 Å². The van der Waals surface area contributed by atoms with Gasteiger partial charge in [0.2, 0.25) is 11.8 Å². The number of nitrogens with zero attached hydrogens (tertiary/aromatic N) is 2. The van der Waals surface area contributed by atoms with Gasteiger partial charge in [0.05, 0.1) is 12.6 Å². The van der Waals surface area contributed by atoms with Crippen LogP contribution in [0.15, 0.2) is 10.6 Å². The van der Waals surface area contributed by atoms with Crippen LogP contribution in [-0.4, -0.2) is 40.5 Å². The molecule has 2 aliphatic rings. The van der Waals surface area contributed by atoms with Crippen molar-refractivity contribution in [3.05, 3.63) is 11.8 Å². The highest BCUT2D eigenvalue weighted by Crippen LogP contribution is 2.39. The van der Waals surface area contributed by atoms with Gasteiger partial charge in [-0.25, -0.2) is 0 Å². The number of fused-ring (bicyclic) bond motifs is 1. The van der Waals surface area contributed by atoms with E-state index in [1.54, 1.807) is 13.0 Å². The molecule has 22 heavy (non-hydrogen) atoms. The maximum atomic E-state index is 12.2. The Morgan fingerprint density at radius 3 is 2.91 bits per heavy atom. The number of nitrogens with two attached hydrogens (primary N) is 1. The number of nitrogens with one attached hydrogen (secondary N) is 1. The number of carbonyl (C=O) groups excluding carboxylic acids is 2. The molecule has 0 aromatic carbocycles. The molecule has 3 atom stereocenters. The summed E-state index contributed by atoms with van der Waals surface area (Å²) in [7, 11) is 0. The van der Waals surface area contributed by atoms with Gasteiger partial charge in [-0.15, -0.1) is 0 Å². The van der Waals surface area contributed by atoms with Gasteiger partial charge in [0, 0.05) is 12.1 Å². The molecule has 120 valence electrons. The predicted molar refractivity (Wildman–Crippen MR) is 79.9 cm³/mol. The molecular weight excluding hydrogens is 284 g/mol. The van der Waals surface area contributed by atoms with E-state index in [2.05, 4.69) is 10.5 Å². The summed E-state index contributed by atoms with van der Waals surface area (Å²) >= 11 is 0. The maximum Gasteiger partial charge on any atom is 0.239 e. The number of aryl methyl sites for hydroxylation is 1. The van der Waals surface area contributed by atoms with E-state index in [-0.39, 0.29) is 30.4 Å². The Labute approximate surface area is 129 Å². The SMILES string of the molecule is Cc1cc(NC(=O)CN2[C@@H]3CCCC[C@@H]3C[C@H]2C(N)=O)no1. The molecule has 1 saturated carbocycles. The summed E-state index contributed by atoms with van der Waals surface area (Å²) < 4.78 is 4.93. The highest BCUT2D eigenvalue weighted by atomic mass is 16.5. The molecule has 1 aliphatic carbocycles. The Morgan fingerprint density at radius 2 is 2.23 bits per heavy atom. The molecule has 1 aromatic rings. The van der Waals surface area contributed by atoms with Crippen LogP contribution in [0.2, 0.25) is 0 Å². The largest absolute Gasteiger partial charge is 0.368 e. The molecule has 2 amide bonds. The summed E-state index contributed by atoms with van der Waals surface area (Å²) in [5.74, 6) is 0.995. The summed E-state index contributed by atoms with van der Waals surface area (Å²) in [5.41, 5.74) is 5.53. The molecule has 7 nitrogen and oxygen atoms in total. The van der Waals surface area contributed by atoms with E-state index in [1.807, 2.05) is 4.90 Å². The molecule has 3 N–H and O–H groups in total. The molecule has 0 radical (unpaired) electrons. The predicted octanol–water partition coefficient (Wildman–Crippen LogP) is 1.04. The smallest absolute Gasteiger partial charge is 0.239 e. The highest BCUT2D eigenvalue weighted by Gasteiger charge is 2.44. The van der Waals surface area contributed by atoms with E-state index in [9.17, 15) is 9.59 Å². The van der Waals surface area contributed by atoms with Crippen LogP contribution in [-0.2, 0) is 9.59 Å². The lowest BCUT2D eigenvalue weighted by molar-refractivity contribution is -0.124. The maximum absolute atomic E-state index is 12.2. The first kappa shape index (κ1) is 15.0. The van der Waals surface area contributed by atoms with Gasteiger partial charge < -0.3 is 15.6 Å². The lowest BCUT2D eigenvalue weighted by Crippen LogP contribution is -2.48. The van der Waals surface area contributed by atoms with Crippen molar-refractivity contribution >= 4 is 17.6 Å². The van der Waals surface area contributed by atoms with Crippen LogP contribution in [0.1, 0.15) is 37.9 Å². The van der Waals surface area contributed by atoms with Gasteiger partial charge in [0.1, 0.15) is 5.76 Å². The van der Waals surface area contributed by atoms with Crippen LogP contribution in [0.5, 0.6) is 0 Å². The number of hydrogen-bond acceptors (Lipinski definition) is 5. The first-order valence-corrected chi connectivity index (χ1v) is 7.83. The standard InChI is InChI=1S/C15H22N4O3/c1-9-6-13(18-22-9)17-14(20)8-19-11-5-3-2-4-10(11)7-12(19)15(16)21/h6,10-12H,2-5,7-8H2,1H3,(H2,16,21)(H,17,18,20)/t10-,11-,12+/m1/s1. The van der Waals surface area contributed by atoms with Crippen molar-refractivity contribution in [1.82, 2.24) is 10.1 Å². The lowest BCUT2D eigenvalue weighted by Gasteiger charge is -2.32. The summed E-state index contributed by atoms with van der Waals surface area (Å²) in [6.45, 7) is 1.93. The van der Waals surface area contributed by atoms with Crippen molar-refractivity contribution in [2.75, 3.05) is 11.9 Å². The zero-order valence-corrected chi connectivity index (χ0v) is 12.7.